The zero-order valence-electron chi connectivity index (χ0n) is 11.7. The zero-order chi connectivity index (χ0) is 15.1. The van der Waals surface area contributed by atoms with Crippen LogP contribution in [0.3, 0.4) is 0 Å². The molecule has 0 bridgehead atoms. The highest BCUT2D eigenvalue weighted by molar-refractivity contribution is 5.68. The van der Waals surface area contributed by atoms with Gasteiger partial charge in [0, 0.05) is 32.7 Å². The second kappa shape index (κ2) is 7.51. The summed E-state index contributed by atoms with van der Waals surface area (Å²) in [5.74, 6) is 0.960. The van der Waals surface area contributed by atoms with Gasteiger partial charge in [-0.3, -0.25) is 10.1 Å². The molecular formula is C14H17N3O4. The Hall–Kier alpha value is -2.25. The van der Waals surface area contributed by atoms with E-state index in [1.54, 1.807) is 25.3 Å². The van der Waals surface area contributed by atoms with E-state index in [4.69, 9.17) is 9.15 Å². The summed E-state index contributed by atoms with van der Waals surface area (Å²) in [7, 11) is 1.65. The van der Waals surface area contributed by atoms with Gasteiger partial charge < -0.3 is 14.5 Å². The number of oxazole rings is 1. The molecule has 0 aliphatic heterocycles. The monoisotopic (exact) mass is 291 g/mol. The minimum atomic E-state index is -0.427. The van der Waals surface area contributed by atoms with Gasteiger partial charge in [0.25, 0.3) is 5.69 Å². The predicted molar refractivity (Wildman–Crippen MR) is 77.0 cm³/mol. The summed E-state index contributed by atoms with van der Waals surface area (Å²) < 4.78 is 10.5. The van der Waals surface area contributed by atoms with Crippen LogP contribution in [-0.2, 0) is 11.2 Å². The van der Waals surface area contributed by atoms with Crippen LogP contribution in [0.25, 0.3) is 11.3 Å². The highest BCUT2D eigenvalue weighted by atomic mass is 16.6. The van der Waals surface area contributed by atoms with Crippen LogP contribution in [0.5, 0.6) is 0 Å². The normalized spacial score (nSPS) is 10.7. The van der Waals surface area contributed by atoms with Crippen molar-refractivity contribution in [2.24, 2.45) is 0 Å². The van der Waals surface area contributed by atoms with Gasteiger partial charge in [-0.25, -0.2) is 4.98 Å². The van der Waals surface area contributed by atoms with Crippen molar-refractivity contribution < 1.29 is 14.1 Å². The third-order valence-electron chi connectivity index (χ3n) is 2.92. The third kappa shape index (κ3) is 4.11. The summed E-state index contributed by atoms with van der Waals surface area (Å²) >= 11 is 0. The Morgan fingerprint density at radius 2 is 2.19 bits per heavy atom. The smallest absolute Gasteiger partial charge is 0.280 e. The molecule has 2 rings (SSSR count). The summed E-state index contributed by atoms with van der Waals surface area (Å²) in [6.07, 6.45) is 2.14. The highest BCUT2D eigenvalue weighted by Gasteiger charge is 2.17. The molecule has 7 nitrogen and oxygen atoms in total. The number of ether oxygens (including phenoxy) is 1. The van der Waals surface area contributed by atoms with Crippen molar-refractivity contribution in [3.8, 4) is 11.3 Å². The summed E-state index contributed by atoms with van der Waals surface area (Å²) in [6, 6.07) is 6.46. The largest absolute Gasteiger partial charge is 0.440 e. The maximum absolute atomic E-state index is 11.0. The fourth-order valence-corrected chi connectivity index (χ4v) is 1.89. The Kier molecular flexibility index (Phi) is 5.42. The maximum atomic E-state index is 11.0. The van der Waals surface area contributed by atoms with Crippen molar-refractivity contribution in [2.45, 2.75) is 6.42 Å². The molecule has 0 spiro atoms. The van der Waals surface area contributed by atoms with Crippen LogP contribution >= 0.6 is 0 Å². The van der Waals surface area contributed by atoms with Crippen LogP contribution in [-0.4, -0.2) is 36.7 Å². The fourth-order valence-electron chi connectivity index (χ4n) is 1.89. The van der Waals surface area contributed by atoms with Gasteiger partial charge in [0.15, 0.2) is 11.7 Å². The molecule has 0 aliphatic carbocycles. The topological polar surface area (TPSA) is 90.4 Å². The second-order valence-corrected chi connectivity index (χ2v) is 4.39. The molecule has 1 aromatic carbocycles. The molecule has 112 valence electrons. The first-order chi connectivity index (χ1) is 10.2. The van der Waals surface area contributed by atoms with Crippen LogP contribution in [0.1, 0.15) is 5.89 Å². The average Bonchev–Trinajstić information content (AvgIpc) is 2.96. The summed E-state index contributed by atoms with van der Waals surface area (Å²) in [5, 5.41) is 14.2. The first-order valence-electron chi connectivity index (χ1n) is 6.60. The summed E-state index contributed by atoms with van der Waals surface area (Å²) in [6.45, 7) is 2.11. The van der Waals surface area contributed by atoms with Gasteiger partial charge in [-0.1, -0.05) is 12.1 Å². The van der Waals surface area contributed by atoms with Crippen molar-refractivity contribution in [1.82, 2.24) is 10.3 Å². The molecule has 0 amide bonds. The Balaban J connectivity index is 2.01. The molecule has 0 saturated heterocycles. The Morgan fingerprint density at radius 1 is 1.38 bits per heavy atom. The molecule has 0 aliphatic rings. The predicted octanol–water partition coefficient (Wildman–Crippen LogP) is 2.03. The zero-order valence-corrected chi connectivity index (χ0v) is 11.7. The molecule has 0 saturated carbocycles. The van der Waals surface area contributed by atoms with E-state index in [2.05, 4.69) is 10.3 Å². The van der Waals surface area contributed by atoms with Gasteiger partial charge in [-0.15, -0.1) is 0 Å². The van der Waals surface area contributed by atoms with Crippen LogP contribution in [0.2, 0.25) is 0 Å². The van der Waals surface area contributed by atoms with Gasteiger partial charge >= 0.3 is 0 Å². The van der Waals surface area contributed by atoms with Crippen molar-refractivity contribution in [3.05, 3.63) is 46.5 Å². The Labute approximate surface area is 122 Å². The molecule has 0 radical (unpaired) electrons. The molecule has 0 fully saturated rings. The number of rotatable bonds is 8. The van der Waals surface area contributed by atoms with E-state index in [1.807, 2.05) is 0 Å². The molecular weight excluding hydrogens is 274 g/mol. The number of hydrogen-bond donors (Lipinski definition) is 1. The quantitative estimate of drug-likeness (QED) is 0.454. The molecule has 2 aromatic rings. The van der Waals surface area contributed by atoms with E-state index in [9.17, 15) is 10.1 Å². The molecule has 7 heteroatoms. The number of nitrogens with zero attached hydrogens (tertiary/aromatic N) is 2. The number of aromatic nitrogens is 1. The molecule has 0 unspecified atom stereocenters. The van der Waals surface area contributed by atoms with Gasteiger partial charge in [0.2, 0.25) is 0 Å². The standard InChI is InChI=1S/C14H17N3O4/c1-20-9-8-15-7-6-14-16-10-13(21-14)11-4-2-3-5-12(11)17(18)19/h2-5,10,15H,6-9H2,1H3. The minimum absolute atomic E-state index is 0.0124. The van der Waals surface area contributed by atoms with Crippen molar-refractivity contribution in [1.29, 1.82) is 0 Å². The summed E-state index contributed by atoms with van der Waals surface area (Å²) in [4.78, 5) is 14.7. The lowest BCUT2D eigenvalue weighted by Crippen LogP contribution is -2.21. The van der Waals surface area contributed by atoms with Crippen LogP contribution < -0.4 is 5.32 Å². The number of hydrogen-bond acceptors (Lipinski definition) is 6. The SMILES string of the molecule is COCCNCCc1ncc(-c2ccccc2[N+](=O)[O-])o1. The Morgan fingerprint density at radius 3 is 2.95 bits per heavy atom. The van der Waals surface area contributed by atoms with Gasteiger partial charge in [0.1, 0.15) is 0 Å². The number of para-hydroxylation sites is 1. The van der Waals surface area contributed by atoms with E-state index in [-0.39, 0.29) is 5.69 Å². The van der Waals surface area contributed by atoms with E-state index in [0.717, 1.165) is 6.54 Å². The van der Waals surface area contributed by atoms with Crippen LogP contribution in [0.15, 0.2) is 34.9 Å². The lowest BCUT2D eigenvalue weighted by Gasteiger charge is -2.01. The first kappa shape index (κ1) is 15.1. The minimum Gasteiger partial charge on any atom is -0.440 e. The number of methoxy groups -OCH3 is 1. The van der Waals surface area contributed by atoms with Crippen LogP contribution in [0.4, 0.5) is 5.69 Å². The molecule has 1 aromatic heterocycles. The maximum Gasteiger partial charge on any atom is 0.280 e. The molecule has 1 N–H and O–H groups in total. The fraction of sp³-hybridized carbons (Fsp3) is 0.357. The van der Waals surface area contributed by atoms with E-state index in [1.165, 1.54) is 12.3 Å². The van der Waals surface area contributed by atoms with Crippen molar-refractivity contribution >= 4 is 5.69 Å². The van der Waals surface area contributed by atoms with Crippen LogP contribution in [0, 0.1) is 10.1 Å². The van der Waals surface area contributed by atoms with Gasteiger partial charge in [-0.2, -0.15) is 0 Å². The van der Waals surface area contributed by atoms with Gasteiger partial charge in [-0.05, 0) is 6.07 Å². The number of nitrogens with one attached hydrogen (secondary N) is 1. The summed E-state index contributed by atoms with van der Waals surface area (Å²) in [5.41, 5.74) is 0.451. The number of nitro benzene ring substituents is 1. The highest BCUT2D eigenvalue weighted by Crippen LogP contribution is 2.29. The van der Waals surface area contributed by atoms with Crippen molar-refractivity contribution in [3.63, 3.8) is 0 Å². The van der Waals surface area contributed by atoms with E-state index >= 15 is 0 Å². The van der Waals surface area contributed by atoms with E-state index < -0.39 is 4.92 Å². The lowest BCUT2D eigenvalue weighted by atomic mass is 10.1. The Bertz CT molecular complexity index is 597. The number of nitro groups is 1. The third-order valence-corrected chi connectivity index (χ3v) is 2.92. The average molecular weight is 291 g/mol. The lowest BCUT2D eigenvalue weighted by molar-refractivity contribution is -0.384. The van der Waals surface area contributed by atoms with E-state index in [0.29, 0.717) is 36.8 Å². The molecule has 1 heterocycles. The van der Waals surface area contributed by atoms with Crippen molar-refractivity contribution in [2.75, 3.05) is 26.8 Å². The van der Waals surface area contributed by atoms with Gasteiger partial charge in [0.05, 0.1) is 23.3 Å². The first-order valence-corrected chi connectivity index (χ1v) is 6.60. The second-order valence-electron chi connectivity index (χ2n) is 4.39. The molecule has 21 heavy (non-hydrogen) atoms. The number of benzene rings is 1. The molecule has 0 atom stereocenters.